The zero-order valence-electron chi connectivity index (χ0n) is 17.5. The number of carbonyl (C=O) groups is 2. The van der Waals surface area contributed by atoms with Gasteiger partial charge >= 0.3 is 0 Å². The minimum Gasteiger partial charge on any atom is -0.484 e. The van der Waals surface area contributed by atoms with E-state index in [0.717, 1.165) is 21.2 Å². The van der Waals surface area contributed by atoms with Crippen LogP contribution in [0.3, 0.4) is 0 Å². The van der Waals surface area contributed by atoms with E-state index in [4.69, 9.17) is 4.74 Å². The third-order valence-electron chi connectivity index (χ3n) is 4.83. The molecular formula is C23H29BrN2O3. The Labute approximate surface area is 181 Å². The average molecular weight is 461 g/mol. The van der Waals surface area contributed by atoms with Crippen molar-refractivity contribution in [2.24, 2.45) is 0 Å². The summed E-state index contributed by atoms with van der Waals surface area (Å²) in [6, 6.07) is 12.9. The standard InChI is InChI=1S/C23H29BrN2O3/c1-5-21(23(28)25-6-2)26(14-18-10-8-7-9-16(18)3)22(27)15-29-19-11-12-20(24)17(4)13-19/h7-13,21H,5-6,14-15H2,1-4H3,(H,25,28)/t21-/m0/s1. The van der Waals surface area contributed by atoms with Gasteiger partial charge in [0, 0.05) is 17.6 Å². The minimum atomic E-state index is -0.544. The fraction of sp³-hybridized carbons (Fsp3) is 0.391. The monoisotopic (exact) mass is 460 g/mol. The summed E-state index contributed by atoms with van der Waals surface area (Å²) in [6.07, 6.45) is 0.529. The lowest BCUT2D eigenvalue weighted by atomic mass is 10.1. The number of likely N-dealkylation sites (N-methyl/N-ethyl adjacent to an activating group) is 1. The highest BCUT2D eigenvalue weighted by molar-refractivity contribution is 9.10. The van der Waals surface area contributed by atoms with Crippen LogP contribution in [0.5, 0.6) is 5.75 Å². The van der Waals surface area contributed by atoms with Crippen LogP contribution in [-0.2, 0) is 16.1 Å². The SMILES string of the molecule is CCNC(=O)[C@H](CC)N(Cc1ccccc1C)C(=O)COc1ccc(Br)c(C)c1. The van der Waals surface area contributed by atoms with Crippen molar-refractivity contribution in [3.05, 3.63) is 63.6 Å². The second-order valence-corrected chi connectivity index (χ2v) is 7.82. The minimum absolute atomic E-state index is 0.122. The highest BCUT2D eigenvalue weighted by Crippen LogP contribution is 2.22. The Morgan fingerprint density at radius 2 is 1.83 bits per heavy atom. The lowest BCUT2D eigenvalue weighted by Crippen LogP contribution is -2.50. The van der Waals surface area contributed by atoms with Crippen molar-refractivity contribution in [1.82, 2.24) is 10.2 Å². The van der Waals surface area contributed by atoms with Gasteiger partial charge in [0.1, 0.15) is 11.8 Å². The number of hydrogen-bond donors (Lipinski definition) is 1. The molecule has 0 aliphatic heterocycles. The molecule has 0 saturated heterocycles. The molecule has 2 amide bonds. The molecule has 0 fully saturated rings. The summed E-state index contributed by atoms with van der Waals surface area (Å²) in [6.45, 7) is 8.52. The summed E-state index contributed by atoms with van der Waals surface area (Å²) in [4.78, 5) is 27.3. The average Bonchev–Trinajstić information content (AvgIpc) is 2.70. The Kier molecular flexibility index (Phi) is 8.70. The number of hydrogen-bond acceptors (Lipinski definition) is 3. The van der Waals surface area contributed by atoms with Gasteiger partial charge < -0.3 is 15.0 Å². The van der Waals surface area contributed by atoms with E-state index in [0.29, 0.717) is 25.3 Å². The fourth-order valence-corrected chi connectivity index (χ4v) is 3.36. The Balaban J connectivity index is 2.22. The second-order valence-electron chi connectivity index (χ2n) is 6.97. The fourth-order valence-electron chi connectivity index (χ4n) is 3.12. The second kappa shape index (κ2) is 11.0. The van der Waals surface area contributed by atoms with Gasteiger partial charge in [-0.3, -0.25) is 9.59 Å². The topological polar surface area (TPSA) is 58.6 Å². The number of halogens is 1. The Bertz CT molecular complexity index is 854. The lowest BCUT2D eigenvalue weighted by Gasteiger charge is -2.31. The number of ether oxygens (including phenoxy) is 1. The van der Waals surface area contributed by atoms with Gasteiger partial charge in [-0.25, -0.2) is 0 Å². The maximum Gasteiger partial charge on any atom is 0.261 e. The van der Waals surface area contributed by atoms with E-state index in [1.807, 2.05) is 70.2 Å². The number of benzene rings is 2. The van der Waals surface area contributed by atoms with E-state index in [1.54, 1.807) is 4.90 Å². The molecule has 0 aliphatic rings. The Morgan fingerprint density at radius 1 is 1.10 bits per heavy atom. The molecule has 1 N–H and O–H groups in total. The Hall–Kier alpha value is -2.34. The number of carbonyl (C=O) groups excluding carboxylic acids is 2. The van der Waals surface area contributed by atoms with Crippen LogP contribution in [0.2, 0.25) is 0 Å². The first-order valence-electron chi connectivity index (χ1n) is 9.88. The van der Waals surface area contributed by atoms with Crippen molar-refractivity contribution in [2.75, 3.05) is 13.2 Å². The molecule has 156 valence electrons. The predicted molar refractivity (Wildman–Crippen MR) is 119 cm³/mol. The largest absolute Gasteiger partial charge is 0.484 e. The Morgan fingerprint density at radius 3 is 2.45 bits per heavy atom. The summed E-state index contributed by atoms with van der Waals surface area (Å²) in [5.74, 6) is 0.268. The molecular weight excluding hydrogens is 432 g/mol. The van der Waals surface area contributed by atoms with Gasteiger partial charge in [0.25, 0.3) is 5.91 Å². The molecule has 0 bridgehead atoms. The van der Waals surface area contributed by atoms with Crippen LogP contribution in [0.1, 0.15) is 37.0 Å². The zero-order chi connectivity index (χ0) is 21.4. The third-order valence-corrected chi connectivity index (χ3v) is 5.72. The van der Waals surface area contributed by atoms with Crippen molar-refractivity contribution in [1.29, 1.82) is 0 Å². The summed E-state index contributed by atoms with van der Waals surface area (Å²) in [5, 5.41) is 2.84. The van der Waals surface area contributed by atoms with Crippen LogP contribution in [0, 0.1) is 13.8 Å². The molecule has 2 aromatic carbocycles. The zero-order valence-corrected chi connectivity index (χ0v) is 19.1. The highest BCUT2D eigenvalue weighted by atomic mass is 79.9. The molecule has 0 unspecified atom stereocenters. The first-order valence-corrected chi connectivity index (χ1v) is 10.7. The van der Waals surface area contributed by atoms with Gasteiger partial charge in [-0.2, -0.15) is 0 Å². The van der Waals surface area contributed by atoms with E-state index >= 15 is 0 Å². The van der Waals surface area contributed by atoms with E-state index < -0.39 is 6.04 Å². The molecule has 0 aromatic heterocycles. The molecule has 1 atom stereocenters. The van der Waals surface area contributed by atoms with Crippen LogP contribution in [0.4, 0.5) is 0 Å². The molecule has 0 heterocycles. The molecule has 6 heteroatoms. The van der Waals surface area contributed by atoms with Gasteiger partial charge in [-0.1, -0.05) is 47.1 Å². The van der Waals surface area contributed by atoms with Crippen LogP contribution in [0.15, 0.2) is 46.9 Å². The van der Waals surface area contributed by atoms with E-state index in [9.17, 15) is 9.59 Å². The first-order chi connectivity index (χ1) is 13.9. The number of aryl methyl sites for hydroxylation is 2. The summed E-state index contributed by atoms with van der Waals surface area (Å²) >= 11 is 3.46. The summed E-state index contributed by atoms with van der Waals surface area (Å²) in [5.41, 5.74) is 3.13. The normalized spacial score (nSPS) is 11.6. The van der Waals surface area contributed by atoms with Crippen molar-refractivity contribution in [3.63, 3.8) is 0 Å². The van der Waals surface area contributed by atoms with Gasteiger partial charge in [0.15, 0.2) is 6.61 Å². The van der Waals surface area contributed by atoms with Crippen molar-refractivity contribution in [3.8, 4) is 5.75 Å². The number of nitrogens with zero attached hydrogens (tertiary/aromatic N) is 1. The van der Waals surface area contributed by atoms with Crippen molar-refractivity contribution < 1.29 is 14.3 Å². The smallest absolute Gasteiger partial charge is 0.261 e. The lowest BCUT2D eigenvalue weighted by molar-refractivity contribution is -0.142. The third kappa shape index (κ3) is 6.32. The molecule has 2 aromatic rings. The molecule has 2 rings (SSSR count). The number of amides is 2. The summed E-state index contributed by atoms with van der Waals surface area (Å²) < 4.78 is 6.73. The van der Waals surface area contributed by atoms with E-state index in [-0.39, 0.29) is 18.4 Å². The van der Waals surface area contributed by atoms with E-state index in [2.05, 4.69) is 21.2 Å². The van der Waals surface area contributed by atoms with Gasteiger partial charge in [-0.15, -0.1) is 0 Å². The van der Waals surface area contributed by atoms with Crippen LogP contribution < -0.4 is 10.1 Å². The van der Waals surface area contributed by atoms with Gasteiger partial charge in [-0.05, 0) is 62.1 Å². The van der Waals surface area contributed by atoms with Crippen molar-refractivity contribution in [2.45, 2.75) is 46.7 Å². The molecule has 5 nitrogen and oxygen atoms in total. The van der Waals surface area contributed by atoms with Gasteiger partial charge in [0.2, 0.25) is 5.91 Å². The maximum atomic E-state index is 13.1. The highest BCUT2D eigenvalue weighted by Gasteiger charge is 2.28. The van der Waals surface area contributed by atoms with Crippen molar-refractivity contribution >= 4 is 27.7 Å². The molecule has 0 radical (unpaired) electrons. The first kappa shape index (κ1) is 22.9. The number of nitrogens with one attached hydrogen (secondary N) is 1. The van der Waals surface area contributed by atoms with Crippen LogP contribution >= 0.6 is 15.9 Å². The maximum absolute atomic E-state index is 13.1. The van der Waals surface area contributed by atoms with Crippen LogP contribution in [-0.4, -0.2) is 35.9 Å². The summed E-state index contributed by atoms with van der Waals surface area (Å²) in [7, 11) is 0. The number of rotatable bonds is 9. The molecule has 0 aliphatic carbocycles. The molecule has 29 heavy (non-hydrogen) atoms. The molecule has 0 saturated carbocycles. The predicted octanol–water partition coefficient (Wildman–Crippen LogP) is 4.39. The van der Waals surface area contributed by atoms with Gasteiger partial charge in [0.05, 0.1) is 0 Å². The van der Waals surface area contributed by atoms with Crippen LogP contribution in [0.25, 0.3) is 0 Å². The molecule has 0 spiro atoms. The quantitative estimate of drug-likeness (QED) is 0.603. The van der Waals surface area contributed by atoms with E-state index in [1.165, 1.54) is 0 Å².